The molecule has 0 amide bonds. The third kappa shape index (κ3) is 2.08. The Labute approximate surface area is 81.1 Å². The summed E-state index contributed by atoms with van der Waals surface area (Å²) in [6.45, 7) is 1.38. The molecule has 1 atom stereocenters. The van der Waals surface area contributed by atoms with Crippen molar-refractivity contribution in [3.05, 3.63) is 34.9 Å². The highest BCUT2D eigenvalue weighted by atomic mass is 19.1. The predicted molar refractivity (Wildman–Crippen MR) is 47.9 cm³/mol. The average molecular weight is 202 g/mol. The molecule has 0 radical (unpaired) electrons. The normalized spacial score (nSPS) is 12.9. The minimum Gasteiger partial charge on any atom is -0.386 e. The van der Waals surface area contributed by atoms with Gasteiger partial charge in [0.15, 0.2) is 0 Å². The molecule has 0 aliphatic carbocycles. The summed E-state index contributed by atoms with van der Waals surface area (Å²) in [5, 5.41) is 9.40. The third-order valence-corrected chi connectivity index (χ3v) is 1.98. The number of ether oxygens (including phenoxy) is 1. The van der Waals surface area contributed by atoms with Crippen molar-refractivity contribution in [3.8, 4) is 0 Å². The van der Waals surface area contributed by atoms with Gasteiger partial charge in [-0.25, -0.2) is 8.78 Å². The van der Waals surface area contributed by atoms with Crippen molar-refractivity contribution in [3.63, 3.8) is 0 Å². The zero-order valence-corrected chi connectivity index (χ0v) is 8.05. The number of methoxy groups -OCH3 is 1. The second kappa shape index (κ2) is 4.48. The topological polar surface area (TPSA) is 29.5 Å². The third-order valence-electron chi connectivity index (χ3n) is 1.98. The SMILES string of the molecule is COCC(O)c1c(F)ccc(C)c1F. The van der Waals surface area contributed by atoms with Gasteiger partial charge >= 0.3 is 0 Å². The molecule has 1 rings (SSSR count). The van der Waals surface area contributed by atoms with Crippen LogP contribution in [0, 0.1) is 18.6 Å². The highest BCUT2D eigenvalue weighted by Crippen LogP contribution is 2.23. The van der Waals surface area contributed by atoms with Gasteiger partial charge in [-0.15, -0.1) is 0 Å². The number of aryl methyl sites for hydroxylation is 1. The Morgan fingerprint density at radius 2 is 2.07 bits per heavy atom. The molecule has 0 bridgehead atoms. The Hall–Kier alpha value is -1.00. The first-order valence-corrected chi connectivity index (χ1v) is 4.19. The number of aliphatic hydroxyl groups is 1. The smallest absolute Gasteiger partial charge is 0.134 e. The van der Waals surface area contributed by atoms with Crippen LogP contribution in [0.5, 0.6) is 0 Å². The van der Waals surface area contributed by atoms with Crippen LogP contribution in [0.3, 0.4) is 0 Å². The molecule has 0 aliphatic rings. The van der Waals surface area contributed by atoms with Crippen molar-refractivity contribution in [1.82, 2.24) is 0 Å². The van der Waals surface area contributed by atoms with E-state index in [4.69, 9.17) is 0 Å². The summed E-state index contributed by atoms with van der Waals surface area (Å²) in [5.41, 5.74) is -0.0246. The van der Waals surface area contributed by atoms with Crippen LogP contribution < -0.4 is 0 Å². The lowest BCUT2D eigenvalue weighted by Gasteiger charge is -2.12. The van der Waals surface area contributed by atoms with Gasteiger partial charge in [0.05, 0.1) is 12.2 Å². The lowest BCUT2D eigenvalue weighted by molar-refractivity contribution is 0.0595. The van der Waals surface area contributed by atoms with Gasteiger partial charge in [-0.2, -0.15) is 0 Å². The largest absolute Gasteiger partial charge is 0.386 e. The van der Waals surface area contributed by atoms with Gasteiger partial charge in [0.1, 0.15) is 17.7 Å². The minimum absolute atomic E-state index is 0.128. The second-order valence-corrected chi connectivity index (χ2v) is 3.06. The van der Waals surface area contributed by atoms with Crippen molar-refractivity contribution in [2.24, 2.45) is 0 Å². The van der Waals surface area contributed by atoms with E-state index in [-0.39, 0.29) is 12.2 Å². The molecule has 0 heterocycles. The highest BCUT2D eigenvalue weighted by molar-refractivity contribution is 5.28. The fourth-order valence-corrected chi connectivity index (χ4v) is 1.23. The molecule has 0 aliphatic heterocycles. The van der Waals surface area contributed by atoms with E-state index in [1.54, 1.807) is 0 Å². The van der Waals surface area contributed by atoms with Crippen molar-refractivity contribution in [1.29, 1.82) is 0 Å². The zero-order chi connectivity index (χ0) is 10.7. The quantitative estimate of drug-likeness (QED) is 0.811. The van der Waals surface area contributed by atoms with E-state index >= 15 is 0 Å². The van der Waals surface area contributed by atoms with Gasteiger partial charge in [0.25, 0.3) is 0 Å². The molecule has 0 fully saturated rings. The van der Waals surface area contributed by atoms with Crippen LogP contribution in [0.15, 0.2) is 12.1 Å². The summed E-state index contributed by atoms with van der Waals surface area (Å²) in [5.74, 6) is -1.47. The number of rotatable bonds is 3. The highest BCUT2D eigenvalue weighted by Gasteiger charge is 2.19. The molecule has 14 heavy (non-hydrogen) atoms. The number of benzene rings is 1. The van der Waals surface area contributed by atoms with Crippen molar-refractivity contribution >= 4 is 0 Å². The molecule has 1 aromatic carbocycles. The second-order valence-electron chi connectivity index (χ2n) is 3.06. The molecule has 1 N–H and O–H groups in total. The summed E-state index contributed by atoms with van der Waals surface area (Å²) in [7, 11) is 1.36. The van der Waals surface area contributed by atoms with E-state index in [2.05, 4.69) is 4.74 Å². The van der Waals surface area contributed by atoms with Crippen LogP contribution in [0.2, 0.25) is 0 Å². The predicted octanol–water partition coefficient (Wildman–Crippen LogP) is 1.95. The Balaban J connectivity index is 3.11. The molecular weight excluding hydrogens is 190 g/mol. The first-order valence-electron chi connectivity index (χ1n) is 4.19. The molecule has 2 nitrogen and oxygen atoms in total. The van der Waals surface area contributed by atoms with Crippen LogP contribution in [0.4, 0.5) is 8.78 Å². The lowest BCUT2D eigenvalue weighted by Crippen LogP contribution is -2.10. The van der Waals surface area contributed by atoms with E-state index in [0.717, 1.165) is 6.07 Å². The molecule has 0 saturated heterocycles. The van der Waals surface area contributed by atoms with E-state index in [1.165, 1.54) is 20.1 Å². The van der Waals surface area contributed by atoms with Gasteiger partial charge < -0.3 is 9.84 Å². The maximum Gasteiger partial charge on any atom is 0.134 e. The van der Waals surface area contributed by atoms with Gasteiger partial charge in [0.2, 0.25) is 0 Å². The minimum atomic E-state index is -1.26. The molecule has 4 heteroatoms. The number of hydrogen-bond donors (Lipinski definition) is 1. The van der Waals surface area contributed by atoms with Crippen LogP contribution in [0.1, 0.15) is 17.2 Å². The lowest BCUT2D eigenvalue weighted by atomic mass is 10.1. The molecule has 1 unspecified atom stereocenters. The van der Waals surface area contributed by atoms with Crippen molar-refractivity contribution < 1.29 is 18.6 Å². The van der Waals surface area contributed by atoms with Crippen LogP contribution in [-0.2, 0) is 4.74 Å². The van der Waals surface area contributed by atoms with Gasteiger partial charge in [-0.1, -0.05) is 6.07 Å². The van der Waals surface area contributed by atoms with E-state index in [1.807, 2.05) is 0 Å². The maximum absolute atomic E-state index is 13.4. The summed E-state index contributed by atoms with van der Waals surface area (Å²) in [4.78, 5) is 0. The Morgan fingerprint density at radius 1 is 1.43 bits per heavy atom. The molecular formula is C10H12F2O2. The number of aliphatic hydroxyl groups excluding tert-OH is 1. The van der Waals surface area contributed by atoms with E-state index < -0.39 is 17.7 Å². The fraction of sp³-hybridized carbons (Fsp3) is 0.400. The maximum atomic E-state index is 13.4. The van der Waals surface area contributed by atoms with Crippen molar-refractivity contribution in [2.45, 2.75) is 13.0 Å². The number of hydrogen-bond acceptors (Lipinski definition) is 2. The first kappa shape index (κ1) is 11.1. The van der Waals surface area contributed by atoms with Crippen LogP contribution >= 0.6 is 0 Å². The Kier molecular flexibility index (Phi) is 3.55. The van der Waals surface area contributed by atoms with Gasteiger partial charge in [-0.05, 0) is 18.6 Å². The Morgan fingerprint density at radius 3 is 2.64 bits per heavy atom. The van der Waals surface area contributed by atoms with E-state index in [0.29, 0.717) is 5.56 Å². The fourth-order valence-electron chi connectivity index (χ4n) is 1.23. The molecule has 0 aromatic heterocycles. The molecule has 1 aromatic rings. The summed E-state index contributed by atoms with van der Waals surface area (Å²) in [6.07, 6.45) is -1.26. The first-order chi connectivity index (χ1) is 6.57. The zero-order valence-electron chi connectivity index (χ0n) is 8.05. The molecule has 0 saturated carbocycles. The number of halogens is 2. The monoisotopic (exact) mass is 202 g/mol. The van der Waals surface area contributed by atoms with Crippen molar-refractivity contribution in [2.75, 3.05) is 13.7 Å². The molecule has 0 spiro atoms. The summed E-state index contributed by atoms with van der Waals surface area (Å²) < 4.78 is 31.2. The average Bonchev–Trinajstić information content (AvgIpc) is 2.13. The van der Waals surface area contributed by atoms with Crippen LogP contribution in [0.25, 0.3) is 0 Å². The Bertz CT molecular complexity index is 326. The van der Waals surface area contributed by atoms with Gasteiger partial charge in [0, 0.05) is 7.11 Å². The van der Waals surface area contributed by atoms with Crippen LogP contribution in [-0.4, -0.2) is 18.8 Å². The van der Waals surface area contributed by atoms with Gasteiger partial charge in [-0.3, -0.25) is 0 Å². The summed E-state index contributed by atoms with van der Waals surface area (Å²) >= 11 is 0. The van der Waals surface area contributed by atoms with E-state index in [9.17, 15) is 13.9 Å². The standard InChI is InChI=1S/C10H12F2O2/c1-6-3-4-7(11)9(10(6)12)8(13)5-14-2/h3-4,8,13H,5H2,1-2H3. The molecule has 78 valence electrons. The summed E-state index contributed by atoms with van der Waals surface area (Å²) in [6, 6.07) is 2.46.